The predicted octanol–water partition coefficient (Wildman–Crippen LogP) is 1.57. The molecule has 1 aromatic carbocycles. The number of nitrogens with one attached hydrogen (secondary N) is 1. The van der Waals surface area contributed by atoms with E-state index in [-0.39, 0.29) is 30.9 Å². The van der Waals surface area contributed by atoms with Crippen molar-refractivity contribution in [3.05, 3.63) is 49.5 Å². The van der Waals surface area contributed by atoms with Crippen LogP contribution in [0.15, 0.2) is 26.6 Å². The van der Waals surface area contributed by atoms with Gasteiger partial charge in [-0.05, 0) is 12.1 Å². The Labute approximate surface area is 171 Å². The molecule has 30 heavy (non-hydrogen) atoms. The molecule has 1 aromatic heterocycles. The van der Waals surface area contributed by atoms with Crippen LogP contribution in [0.4, 0.5) is 17.6 Å². The van der Waals surface area contributed by atoms with Gasteiger partial charge < -0.3 is 4.74 Å². The second-order valence-corrected chi connectivity index (χ2v) is 8.63. The summed E-state index contributed by atoms with van der Waals surface area (Å²) in [6.45, 7) is 0.0896. The number of nitrogens with zero attached hydrogens (tertiary/aromatic N) is 2. The van der Waals surface area contributed by atoms with Crippen molar-refractivity contribution in [2.45, 2.75) is 11.1 Å². The van der Waals surface area contributed by atoms with Gasteiger partial charge in [-0.1, -0.05) is 11.6 Å². The molecule has 2 heterocycles. The Hall–Kier alpha value is -2.22. The Morgan fingerprint density at radius 3 is 2.33 bits per heavy atom. The SMILES string of the molecule is Cn1c(C(F)(F)F)c(-c2cc(S(=O)(=O)N3CCOCC3)c(Cl)cc2F)c(=O)[nH]c1=O. The van der Waals surface area contributed by atoms with Gasteiger partial charge in [0.2, 0.25) is 10.0 Å². The molecule has 1 saturated heterocycles. The normalized spacial score (nSPS) is 16.1. The molecule has 0 radical (unpaired) electrons. The number of hydrogen-bond donors (Lipinski definition) is 1. The van der Waals surface area contributed by atoms with Gasteiger partial charge in [-0.15, -0.1) is 0 Å². The maximum absolute atomic E-state index is 14.6. The molecule has 1 N–H and O–H groups in total. The summed E-state index contributed by atoms with van der Waals surface area (Å²) in [5, 5.41) is -0.572. The van der Waals surface area contributed by atoms with Crippen LogP contribution in [0, 0.1) is 5.82 Å². The Morgan fingerprint density at radius 2 is 1.77 bits per heavy atom. The first-order chi connectivity index (χ1) is 13.9. The summed E-state index contributed by atoms with van der Waals surface area (Å²) in [6, 6.07) is 1.07. The number of aromatic amines is 1. The smallest absolute Gasteiger partial charge is 0.379 e. The van der Waals surface area contributed by atoms with E-state index < -0.39 is 60.0 Å². The minimum absolute atomic E-state index is 0.0421. The van der Waals surface area contributed by atoms with E-state index in [1.54, 1.807) is 4.98 Å². The molecular weight excluding hydrogens is 458 g/mol. The highest BCUT2D eigenvalue weighted by atomic mass is 35.5. The summed E-state index contributed by atoms with van der Waals surface area (Å²) in [5.74, 6) is -1.37. The summed E-state index contributed by atoms with van der Waals surface area (Å²) < 4.78 is 87.3. The highest BCUT2D eigenvalue weighted by molar-refractivity contribution is 7.89. The molecule has 0 spiro atoms. The van der Waals surface area contributed by atoms with Crippen molar-refractivity contribution in [3.63, 3.8) is 0 Å². The van der Waals surface area contributed by atoms with Gasteiger partial charge in [0.05, 0.1) is 23.8 Å². The van der Waals surface area contributed by atoms with Crippen LogP contribution in [0.2, 0.25) is 5.02 Å². The van der Waals surface area contributed by atoms with Gasteiger partial charge in [0.15, 0.2) is 0 Å². The fourth-order valence-corrected chi connectivity index (χ4v) is 4.97. The second kappa shape index (κ2) is 7.80. The first kappa shape index (κ1) is 22.5. The van der Waals surface area contributed by atoms with E-state index in [0.717, 1.165) is 11.4 Å². The van der Waals surface area contributed by atoms with E-state index in [9.17, 15) is 35.6 Å². The van der Waals surface area contributed by atoms with Crippen LogP contribution in [-0.4, -0.2) is 48.6 Å². The minimum Gasteiger partial charge on any atom is -0.379 e. The Kier molecular flexibility index (Phi) is 5.84. The summed E-state index contributed by atoms with van der Waals surface area (Å²) in [7, 11) is -3.59. The average molecular weight is 472 g/mol. The third-order valence-corrected chi connectivity index (χ3v) is 6.83. The van der Waals surface area contributed by atoms with E-state index in [4.69, 9.17) is 16.3 Å². The lowest BCUT2D eigenvalue weighted by Gasteiger charge is -2.26. The molecular formula is C16H14ClF4N3O5S. The molecule has 3 rings (SSSR count). The fourth-order valence-electron chi connectivity index (χ4n) is 3.05. The van der Waals surface area contributed by atoms with Crippen molar-refractivity contribution in [1.82, 2.24) is 13.9 Å². The first-order valence-corrected chi connectivity index (χ1v) is 10.2. The standard InChI is InChI=1S/C16H14ClF4N3O5S/c1-23-13(16(19,20)21)12(14(25)22-15(23)26)8-6-11(9(17)7-10(8)18)30(27,28)24-2-4-29-5-3-24/h6-7H,2-5H2,1H3,(H,22,25,26). The highest BCUT2D eigenvalue weighted by Crippen LogP contribution is 2.37. The monoisotopic (exact) mass is 471 g/mol. The summed E-state index contributed by atoms with van der Waals surface area (Å²) in [4.78, 5) is 24.8. The largest absolute Gasteiger partial charge is 0.432 e. The number of aromatic nitrogens is 2. The van der Waals surface area contributed by atoms with Crippen molar-refractivity contribution in [3.8, 4) is 11.1 Å². The third kappa shape index (κ3) is 3.89. The van der Waals surface area contributed by atoms with E-state index in [0.29, 0.717) is 12.1 Å². The van der Waals surface area contributed by atoms with Crippen LogP contribution in [0.5, 0.6) is 0 Å². The molecule has 8 nitrogen and oxygen atoms in total. The molecule has 1 aliphatic heterocycles. The van der Waals surface area contributed by atoms with Crippen molar-refractivity contribution in [1.29, 1.82) is 0 Å². The van der Waals surface area contributed by atoms with Crippen LogP contribution < -0.4 is 11.2 Å². The Bertz CT molecular complexity index is 1220. The van der Waals surface area contributed by atoms with Crippen LogP contribution >= 0.6 is 11.6 Å². The molecule has 2 aromatic rings. The number of ether oxygens (including phenoxy) is 1. The number of morpholine rings is 1. The van der Waals surface area contributed by atoms with Crippen molar-refractivity contribution in [2.24, 2.45) is 7.05 Å². The zero-order chi connectivity index (χ0) is 22.4. The molecule has 0 saturated carbocycles. The lowest BCUT2D eigenvalue weighted by molar-refractivity contribution is -0.143. The third-order valence-electron chi connectivity index (χ3n) is 4.47. The molecule has 0 amide bonds. The zero-order valence-corrected chi connectivity index (χ0v) is 16.8. The summed E-state index contributed by atoms with van der Waals surface area (Å²) in [5.41, 5.74) is -6.83. The summed E-state index contributed by atoms with van der Waals surface area (Å²) in [6.07, 6.45) is -5.22. The summed E-state index contributed by atoms with van der Waals surface area (Å²) >= 11 is 5.88. The van der Waals surface area contributed by atoms with Crippen molar-refractivity contribution in [2.75, 3.05) is 26.3 Å². The Balaban J connectivity index is 2.33. The van der Waals surface area contributed by atoms with Crippen LogP contribution in [0.25, 0.3) is 11.1 Å². The quantitative estimate of drug-likeness (QED) is 0.685. The number of benzene rings is 1. The molecule has 0 aliphatic carbocycles. The van der Waals surface area contributed by atoms with Gasteiger partial charge in [0, 0.05) is 25.7 Å². The average Bonchev–Trinajstić information content (AvgIpc) is 2.64. The molecule has 0 atom stereocenters. The van der Waals surface area contributed by atoms with Crippen LogP contribution in [0.3, 0.4) is 0 Å². The molecule has 0 bridgehead atoms. The highest BCUT2D eigenvalue weighted by Gasteiger charge is 2.40. The molecule has 14 heteroatoms. The van der Waals surface area contributed by atoms with Gasteiger partial charge in [-0.25, -0.2) is 17.6 Å². The van der Waals surface area contributed by atoms with Gasteiger partial charge in [0.1, 0.15) is 16.4 Å². The number of rotatable bonds is 3. The van der Waals surface area contributed by atoms with Gasteiger partial charge in [0.25, 0.3) is 5.56 Å². The maximum Gasteiger partial charge on any atom is 0.432 e. The van der Waals surface area contributed by atoms with Crippen LogP contribution in [0.1, 0.15) is 5.69 Å². The second-order valence-electron chi connectivity index (χ2n) is 6.32. The predicted molar refractivity (Wildman–Crippen MR) is 97.3 cm³/mol. The van der Waals surface area contributed by atoms with E-state index in [1.807, 2.05) is 0 Å². The lowest BCUT2D eigenvalue weighted by Crippen LogP contribution is -2.40. The van der Waals surface area contributed by atoms with E-state index in [2.05, 4.69) is 0 Å². The molecule has 1 aliphatic rings. The zero-order valence-electron chi connectivity index (χ0n) is 15.2. The minimum atomic E-state index is -5.22. The van der Waals surface area contributed by atoms with E-state index >= 15 is 0 Å². The van der Waals surface area contributed by atoms with Gasteiger partial charge in [-0.3, -0.25) is 14.3 Å². The van der Waals surface area contributed by atoms with Crippen molar-refractivity contribution >= 4 is 21.6 Å². The molecule has 164 valence electrons. The van der Waals surface area contributed by atoms with E-state index in [1.165, 1.54) is 0 Å². The first-order valence-electron chi connectivity index (χ1n) is 8.33. The topological polar surface area (TPSA) is 101 Å². The lowest BCUT2D eigenvalue weighted by atomic mass is 10.0. The Morgan fingerprint density at radius 1 is 1.17 bits per heavy atom. The molecule has 0 unspecified atom stereocenters. The number of alkyl halides is 3. The van der Waals surface area contributed by atoms with Crippen molar-refractivity contribution < 1.29 is 30.7 Å². The van der Waals surface area contributed by atoms with Crippen LogP contribution in [-0.2, 0) is 28.0 Å². The number of H-pyrrole nitrogens is 1. The molecule has 1 fully saturated rings. The number of hydrogen-bond acceptors (Lipinski definition) is 5. The maximum atomic E-state index is 14.6. The number of halogens is 5. The fraction of sp³-hybridized carbons (Fsp3) is 0.375. The van der Waals surface area contributed by atoms with Gasteiger partial charge in [-0.2, -0.15) is 17.5 Å². The van der Waals surface area contributed by atoms with Gasteiger partial charge >= 0.3 is 11.9 Å². The number of sulfonamides is 1.